The van der Waals surface area contributed by atoms with Crippen molar-refractivity contribution in [2.24, 2.45) is 0 Å². The summed E-state index contributed by atoms with van der Waals surface area (Å²) in [5.41, 5.74) is 3.33. The van der Waals surface area contributed by atoms with Crippen molar-refractivity contribution < 1.29 is 14.3 Å². The molecule has 0 fully saturated rings. The molecular weight excluding hydrogens is 418 g/mol. The minimum absolute atomic E-state index is 0.237. The van der Waals surface area contributed by atoms with Crippen LogP contribution in [-0.2, 0) is 6.54 Å². The number of rotatable bonds is 9. The van der Waals surface area contributed by atoms with E-state index in [-0.39, 0.29) is 11.6 Å². The molecule has 0 atom stereocenters. The number of aromatic nitrogens is 4. The van der Waals surface area contributed by atoms with Crippen LogP contribution in [0, 0.1) is 0 Å². The Hall–Kier alpha value is -4.20. The Labute approximate surface area is 192 Å². The van der Waals surface area contributed by atoms with Gasteiger partial charge in [0.05, 0.1) is 18.9 Å². The highest BCUT2D eigenvalue weighted by Gasteiger charge is 2.22. The maximum atomic E-state index is 13.1. The highest BCUT2D eigenvalue weighted by Crippen LogP contribution is 2.29. The Kier molecular flexibility index (Phi) is 6.94. The number of carbonyl (C=O) groups is 1. The maximum absolute atomic E-state index is 13.1. The number of hydrogen-bond donors (Lipinski definition) is 1. The molecule has 8 heteroatoms. The predicted octanol–water partition coefficient (Wildman–Crippen LogP) is 4.06. The molecule has 0 unspecified atom stereocenters. The molecular formula is C25H25N5O3. The van der Waals surface area contributed by atoms with E-state index in [9.17, 15) is 4.79 Å². The van der Waals surface area contributed by atoms with Gasteiger partial charge in [-0.1, -0.05) is 29.5 Å². The average Bonchev–Trinajstić information content (AvgIpc) is 3.31. The van der Waals surface area contributed by atoms with E-state index in [0.29, 0.717) is 37.0 Å². The lowest BCUT2D eigenvalue weighted by atomic mass is 10.1. The zero-order valence-corrected chi connectivity index (χ0v) is 18.6. The zero-order chi connectivity index (χ0) is 23.0. The maximum Gasteiger partial charge on any atom is 0.274 e. The number of nitrogens with zero attached hydrogens (tertiary/aromatic N) is 4. The number of pyridine rings is 1. The average molecular weight is 444 g/mol. The van der Waals surface area contributed by atoms with E-state index in [2.05, 4.69) is 20.6 Å². The Bertz CT molecular complexity index is 1210. The van der Waals surface area contributed by atoms with Gasteiger partial charge in [0, 0.05) is 24.5 Å². The first-order valence-corrected chi connectivity index (χ1v) is 10.8. The number of benzene rings is 2. The molecule has 2 aromatic heterocycles. The molecule has 0 bridgehead atoms. The largest absolute Gasteiger partial charge is 0.490 e. The fourth-order valence-electron chi connectivity index (χ4n) is 3.43. The molecule has 168 valence electrons. The molecule has 0 aliphatic heterocycles. The quantitative estimate of drug-likeness (QED) is 0.420. The molecule has 33 heavy (non-hydrogen) atoms. The van der Waals surface area contributed by atoms with E-state index in [1.165, 1.54) is 0 Å². The van der Waals surface area contributed by atoms with Crippen LogP contribution in [0.5, 0.6) is 11.5 Å². The number of amides is 1. The third-order valence-corrected chi connectivity index (χ3v) is 4.90. The highest BCUT2D eigenvalue weighted by atomic mass is 16.5. The molecule has 2 heterocycles. The molecule has 8 nitrogen and oxygen atoms in total. The lowest BCUT2D eigenvalue weighted by molar-refractivity contribution is 0.0946. The summed E-state index contributed by atoms with van der Waals surface area (Å²) in [6, 6.07) is 18.9. The van der Waals surface area contributed by atoms with Gasteiger partial charge in [-0.3, -0.25) is 9.78 Å². The van der Waals surface area contributed by atoms with Gasteiger partial charge in [0.1, 0.15) is 5.69 Å². The van der Waals surface area contributed by atoms with Gasteiger partial charge in [-0.2, -0.15) is 0 Å². The first-order valence-electron chi connectivity index (χ1n) is 10.8. The Morgan fingerprint density at radius 1 is 0.939 bits per heavy atom. The third-order valence-electron chi connectivity index (χ3n) is 4.90. The van der Waals surface area contributed by atoms with Crippen LogP contribution in [0.4, 0.5) is 0 Å². The summed E-state index contributed by atoms with van der Waals surface area (Å²) in [5.74, 6) is 1.01. The SMILES string of the molecule is CCOc1ccc(CNC(=O)c2nnn(-c3ccccc3)c2-c2ccncc2)cc1OCC. The molecule has 0 aliphatic rings. The summed E-state index contributed by atoms with van der Waals surface area (Å²) in [5, 5.41) is 11.4. The van der Waals surface area contributed by atoms with E-state index in [4.69, 9.17) is 9.47 Å². The summed E-state index contributed by atoms with van der Waals surface area (Å²) < 4.78 is 13.0. The van der Waals surface area contributed by atoms with Crippen LogP contribution in [0.15, 0.2) is 73.1 Å². The first-order chi connectivity index (χ1) is 16.2. The molecule has 0 saturated heterocycles. The smallest absolute Gasteiger partial charge is 0.274 e. The topological polar surface area (TPSA) is 91.2 Å². The zero-order valence-electron chi connectivity index (χ0n) is 18.6. The molecule has 0 radical (unpaired) electrons. The van der Waals surface area contributed by atoms with Crippen molar-refractivity contribution >= 4 is 5.91 Å². The fourth-order valence-corrected chi connectivity index (χ4v) is 3.43. The molecule has 0 aliphatic carbocycles. The van der Waals surface area contributed by atoms with Gasteiger partial charge >= 0.3 is 0 Å². The molecule has 0 spiro atoms. The molecule has 4 rings (SSSR count). The minimum Gasteiger partial charge on any atom is -0.490 e. The van der Waals surface area contributed by atoms with Crippen molar-refractivity contribution in [2.45, 2.75) is 20.4 Å². The number of hydrogen-bond acceptors (Lipinski definition) is 6. The van der Waals surface area contributed by atoms with Crippen molar-refractivity contribution in [3.05, 3.63) is 84.3 Å². The molecule has 1 N–H and O–H groups in total. The Morgan fingerprint density at radius 3 is 2.39 bits per heavy atom. The monoisotopic (exact) mass is 443 g/mol. The van der Waals surface area contributed by atoms with E-state index in [0.717, 1.165) is 16.8 Å². The van der Waals surface area contributed by atoms with Crippen LogP contribution < -0.4 is 14.8 Å². The second kappa shape index (κ2) is 10.4. The second-order valence-corrected chi connectivity index (χ2v) is 7.10. The van der Waals surface area contributed by atoms with Crippen LogP contribution in [0.2, 0.25) is 0 Å². The summed E-state index contributed by atoms with van der Waals surface area (Å²) in [6.45, 7) is 5.21. The number of ether oxygens (including phenoxy) is 2. The van der Waals surface area contributed by atoms with Crippen molar-refractivity contribution in [2.75, 3.05) is 13.2 Å². The predicted molar refractivity (Wildman–Crippen MR) is 125 cm³/mol. The summed E-state index contributed by atoms with van der Waals surface area (Å²) >= 11 is 0. The standard InChI is InChI=1S/C25H25N5O3/c1-3-32-21-11-10-18(16-22(21)33-4-2)17-27-25(31)23-24(19-12-14-26-15-13-19)30(29-28-23)20-8-6-5-7-9-20/h5-16H,3-4,17H2,1-2H3,(H,27,31). The lowest BCUT2D eigenvalue weighted by Crippen LogP contribution is -2.24. The van der Waals surface area contributed by atoms with E-state index in [1.54, 1.807) is 17.1 Å². The van der Waals surface area contributed by atoms with Gasteiger partial charge in [-0.25, -0.2) is 4.68 Å². The van der Waals surface area contributed by atoms with Gasteiger partial charge in [-0.05, 0) is 55.8 Å². The van der Waals surface area contributed by atoms with Crippen molar-refractivity contribution in [3.63, 3.8) is 0 Å². The third kappa shape index (κ3) is 5.01. The summed E-state index contributed by atoms with van der Waals surface area (Å²) in [6.07, 6.45) is 3.35. The fraction of sp³-hybridized carbons (Fsp3) is 0.200. The number of carbonyl (C=O) groups excluding carboxylic acids is 1. The van der Waals surface area contributed by atoms with E-state index >= 15 is 0 Å². The van der Waals surface area contributed by atoms with Gasteiger partial charge in [0.2, 0.25) is 0 Å². The number of para-hydroxylation sites is 1. The van der Waals surface area contributed by atoms with E-state index in [1.807, 2.05) is 74.5 Å². The van der Waals surface area contributed by atoms with Gasteiger partial charge < -0.3 is 14.8 Å². The first kappa shape index (κ1) is 22.0. The van der Waals surface area contributed by atoms with Crippen LogP contribution in [0.1, 0.15) is 29.9 Å². The highest BCUT2D eigenvalue weighted by molar-refractivity contribution is 5.98. The van der Waals surface area contributed by atoms with Crippen molar-refractivity contribution in [1.29, 1.82) is 0 Å². The Balaban J connectivity index is 1.60. The van der Waals surface area contributed by atoms with Crippen molar-refractivity contribution in [3.8, 4) is 28.4 Å². The van der Waals surface area contributed by atoms with Gasteiger partial charge in [0.25, 0.3) is 5.91 Å². The molecule has 0 saturated carbocycles. The van der Waals surface area contributed by atoms with Crippen LogP contribution in [0.3, 0.4) is 0 Å². The van der Waals surface area contributed by atoms with Crippen LogP contribution in [-0.4, -0.2) is 39.1 Å². The van der Waals surface area contributed by atoms with E-state index < -0.39 is 0 Å². The lowest BCUT2D eigenvalue weighted by Gasteiger charge is -2.13. The summed E-state index contributed by atoms with van der Waals surface area (Å²) in [7, 11) is 0. The van der Waals surface area contributed by atoms with Crippen molar-refractivity contribution in [1.82, 2.24) is 25.3 Å². The second-order valence-electron chi connectivity index (χ2n) is 7.10. The van der Waals surface area contributed by atoms with Crippen LogP contribution >= 0.6 is 0 Å². The Morgan fingerprint density at radius 2 is 1.67 bits per heavy atom. The van der Waals surface area contributed by atoms with Gasteiger partial charge in [-0.15, -0.1) is 5.10 Å². The summed E-state index contributed by atoms with van der Waals surface area (Å²) in [4.78, 5) is 17.2. The molecule has 4 aromatic rings. The van der Waals surface area contributed by atoms with Crippen LogP contribution in [0.25, 0.3) is 16.9 Å². The normalized spacial score (nSPS) is 10.6. The van der Waals surface area contributed by atoms with Gasteiger partial charge in [0.15, 0.2) is 17.2 Å². The molecule has 1 amide bonds. The number of nitrogens with one attached hydrogen (secondary N) is 1. The molecule has 2 aromatic carbocycles. The minimum atomic E-state index is -0.323.